The second-order valence-electron chi connectivity index (χ2n) is 9.27. The third kappa shape index (κ3) is 3.08. The first-order valence-corrected chi connectivity index (χ1v) is 12.0. The van der Waals surface area contributed by atoms with Crippen LogP contribution in [0.1, 0.15) is 50.3 Å². The van der Waals surface area contributed by atoms with Gasteiger partial charge in [-0.15, -0.1) is 0 Å². The minimum Gasteiger partial charge on any atom is -0.399 e. The minimum atomic E-state index is -3.53. The average Bonchev–Trinajstić information content (AvgIpc) is 2.96. The number of benzene rings is 3. The summed E-state index contributed by atoms with van der Waals surface area (Å²) in [5.41, 5.74) is 2.81. The standard InChI is InChI=1S/C25H25BO4S/c1-24(2)25(3,4)30-26(29-24)18-15-13-17(14-16-18)23-19-9-5-7-11-21(19)31(27,28)22-12-8-6-10-20(22)23/h5-16,23H,1-4H3. The maximum Gasteiger partial charge on any atom is 0.494 e. The molecule has 0 N–H and O–H groups in total. The Balaban J connectivity index is 1.58. The summed E-state index contributed by atoms with van der Waals surface area (Å²) < 4.78 is 38.7. The van der Waals surface area contributed by atoms with Crippen molar-refractivity contribution >= 4 is 22.4 Å². The zero-order valence-electron chi connectivity index (χ0n) is 18.1. The van der Waals surface area contributed by atoms with Gasteiger partial charge in [0, 0.05) is 5.92 Å². The van der Waals surface area contributed by atoms with E-state index in [2.05, 4.69) is 12.1 Å². The molecule has 4 nitrogen and oxygen atoms in total. The Kier molecular flexibility index (Phi) is 4.49. The molecule has 3 aromatic carbocycles. The molecular weight excluding hydrogens is 407 g/mol. The lowest BCUT2D eigenvalue weighted by Crippen LogP contribution is -2.41. The molecule has 0 aromatic heterocycles. The zero-order valence-corrected chi connectivity index (χ0v) is 18.9. The number of hydrogen-bond acceptors (Lipinski definition) is 4. The molecule has 2 aliphatic heterocycles. The second-order valence-corrected chi connectivity index (χ2v) is 11.2. The lowest BCUT2D eigenvalue weighted by molar-refractivity contribution is 0.00578. The molecule has 31 heavy (non-hydrogen) atoms. The summed E-state index contributed by atoms with van der Waals surface area (Å²) in [6.45, 7) is 8.16. The molecule has 1 saturated heterocycles. The summed E-state index contributed by atoms with van der Waals surface area (Å²) in [5, 5.41) is 0. The third-order valence-electron chi connectivity index (χ3n) is 6.83. The quantitative estimate of drug-likeness (QED) is 0.443. The van der Waals surface area contributed by atoms with Crippen molar-refractivity contribution in [2.75, 3.05) is 0 Å². The number of hydrogen-bond donors (Lipinski definition) is 0. The van der Waals surface area contributed by atoms with E-state index in [0.29, 0.717) is 9.79 Å². The van der Waals surface area contributed by atoms with Crippen LogP contribution < -0.4 is 5.46 Å². The Morgan fingerprint density at radius 2 is 1.16 bits per heavy atom. The van der Waals surface area contributed by atoms with Crippen LogP contribution in [-0.2, 0) is 19.1 Å². The normalized spacial score (nSPS) is 20.8. The van der Waals surface area contributed by atoms with Gasteiger partial charge >= 0.3 is 7.12 Å². The molecule has 158 valence electrons. The summed E-state index contributed by atoms with van der Waals surface area (Å²) >= 11 is 0. The van der Waals surface area contributed by atoms with Crippen molar-refractivity contribution < 1.29 is 17.7 Å². The Labute approximate surface area is 184 Å². The van der Waals surface area contributed by atoms with Crippen LogP contribution >= 0.6 is 0 Å². The summed E-state index contributed by atoms with van der Waals surface area (Å²) in [7, 11) is -3.96. The van der Waals surface area contributed by atoms with E-state index in [1.54, 1.807) is 24.3 Å². The first-order valence-electron chi connectivity index (χ1n) is 10.5. The van der Waals surface area contributed by atoms with Gasteiger partial charge in [-0.1, -0.05) is 60.7 Å². The molecule has 0 bridgehead atoms. The summed E-state index contributed by atoms with van der Waals surface area (Å²) in [6, 6.07) is 22.7. The lowest BCUT2D eigenvalue weighted by atomic mass is 9.77. The van der Waals surface area contributed by atoms with Crippen molar-refractivity contribution in [1.82, 2.24) is 0 Å². The molecule has 0 radical (unpaired) electrons. The Bertz CT molecular complexity index is 1190. The van der Waals surface area contributed by atoms with E-state index < -0.39 is 28.2 Å². The first kappa shape index (κ1) is 20.5. The topological polar surface area (TPSA) is 52.6 Å². The molecule has 0 atom stereocenters. The lowest BCUT2D eigenvalue weighted by Gasteiger charge is -2.32. The van der Waals surface area contributed by atoms with Crippen molar-refractivity contribution in [2.24, 2.45) is 0 Å². The van der Waals surface area contributed by atoms with Crippen LogP contribution in [0.15, 0.2) is 82.6 Å². The van der Waals surface area contributed by atoms with Gasteiger partial charge in [0.15, 0.2) is 0 Å². The van der Waals surface area contributed by atoms with Crippen LogP contribution in [0.25, 0.3) is 0 Å². The molecule has 6 heteroatoms. The molecule has 0 saturated carbocycles. The van der Waals surface area contributed by atoms with Gasteiger partial charge < -0.3 is 9.31 Å². The van der Waals surface area contributed by atoms with E-state index in [4.69, 9.17) is 9.31 Å². The molecule has 5 rings (SSSR count). The van der Waals surface area contributed by atoms with Crippen molar-refractivity contribution in [3.63, 3.8) is 0 Å². The van der Waals surface area contributed by atoms with Crippen molar-refractivity contribution in [3.05, 3.63) is 89.5 Å². The SMILES string of the molecule is CC1(C)OB(c2ccc(C3c4ccccc4S(=O)(=O)c4ccccc43)cc2)OC1(C)C. The van der Waals surface area contributed by atoms with Crippen LogP contribution in [0.2, 0.25) is 0 Å². The van der Waals surface area contributed by atoms with Crippen molar-refractivity contribution in [1.29, 1.82) is 0 Å². The van der Waals surface area contributed by atoms with Crippen molar-refractivity contribution in [2.45, 2.75) is 54.6 Å². The number of fused-ring (bicyclic) bond motifs is 2. The fourth-order valence-corrected chi connectivity index (χ4v) is 6.14. The maximum absolute atomic E-state index is 13.2. The van der Waals surface area contributed by atoms with E-state index in [1.807, 2.05) is 64.1 Å². The average molecular weight is 432 g/mol. The molecule has 0 amide bonds. The molecule has 3 aromatic rings. The van der Waals surface area contributed by atoms with Gasteiger partial charge in [0.1, 0.15) is 0 Å². The van der Waals surface area contributed by atoms with Crippen molar-refractivity contribution in [3.8, 4) is 0 Å². The largest absolute Gasteiger partial charge is 0.494 e. The first-order chi connectivity index (χ1) is 14.6. The second kappa shape index (κ2) is 6.79. The Morgan fingerprint density at radius 3 is 1.65 bits per heavy atom. The Morgan fingerprint density at radius 1 is 0.710 bits per heavy atom. The molecule has 0 aliphatic carbocycles. The smallest absolute Gasteiger partial charge is 0.399 e. The number of rotatable bonds is 2. The highest BCUT2D eigenvalue weighted by molar-refractivity contribution is 7.91. The van der Waals surface area contributed by atoms with Crippen LogP contribution in [-0.4, -0.2) is 26.7 Å². The van der Waals surface area contributed by atoms with Gasteiger partial charge in [-0.05, 0) is 62.0 Å². The van der Waals surface area contributed by atoms with Gasteiger partial charge in [0.25, 0.3) is 0 Å². The van der Waals surface area contributed by atoms with Gasteiger partial charge in [-0.3, -0.25) is 0 Å². The monoisotopic (exact) mass is 432 g/mol. The highest BCUT2D eigenvalue weighted by Crippen LogP contribution is 2.45. The van der Waals surface area contributed by atoms with E-state index >= 15 is 0 Å². The maximum atomic E-state index is 13.2. The molecule has 2 heterocycles. The van der Waals surface area contributed by atoms with E-state index in [1.165, 1.54) is 0 Å². The fraction of sp³-hybridized carbons (Fsp3) is 0.280. The molecular formula is C25H25BO4S. The molecule has 0 unspecified atom stereocenters. The summed E-state index contributed by atoms with van der Waals surface area (Å²) in [6.07, 6.45) is 0. The molecule has 2 aliphatic rings. The highest BCUT2D eigenvalue weighted by Gasteiger charge is 2.51. The summed E-state index contributed by atoms with van der Waals surface area (Å²) in [5.74, 6) is -0.150. The van der Waals surface area contributed by atoms with Crippen LogP contribution in [0.3, 0.4) is 0 Å². The van der Waals surface area contributed by atoms with E-state index in [0.717, 1.165) is 22.2 Å². The van der Waals surface area contributed by atoms with Gasteiger partial charge in [-0.25, -0.2) is 8.42 Å². The fourth-order valence-electron chi connectivity index (χ4n) is 4.40. The van der Waals surface area contributed by atoms with Crippen LogP contribution in [0.4, 0.5) is 0 Å². The molecule has 1 fully saturated rings. The Hall–Kier alpha value is -2.41. The van der Waals surface area contributed by atoms with E-state index in [-0.39, 0.29) is 5.92 Å². The van der Waals surface area contributed by atoms with Crippen LogP contribution in [0.5, 0.6) is 0 Å². The zero-order chi connectivity index (χ0) is 22.0. The third-order valence-corrected chi connectivity index (χ3v) is 8.74. The van der Waals surface area contributed by atoms with Gasteiger partial charge in [0.05, 0.1) is 21.0 Å². The van der Waals surface area contributed by atoms with E-state index in [9.17, 15) is 8.42 Å². The number of sulfone groups is 1. The minimum absolute atomic E-state index is 0.150. The van der Waals surface area contributed by atoms with Crippen LogP contribution in [0, 0.1) is 0 Å². The van der Waals surface area contributed by atoms with Gasteiger partial charge in [-0.2, -0.15) is 0 Å². The predicted molar refractivity (Wildman–Crippen MR) is 121 cm³/mol. The predicted octanol–water partition coefficient (Wildman–Crippen LogP) is 4.31. The molecule has 0 spiro atoms. The van der Waals surface area contributed by atoms with Gasteiger partial charge in [0.2, 0.25) is 9.84 Å². The summed E-state index contributed by atoms with van der Waals surface area (Å²) in [4.78, 5) is 0.766. The highest BCUT2D eigenvalue weighted by atomic mass is 32.2.